The van der Waals surface area contributed by atoms with Gasteiger partial charge in [0.05, 0.1) is 28.5 Å². The summed E-state index contributed by atoms with van der Waals surface area (Å²) in [5.41, 5.74) is 0.925. The van der Waals surface area contributed by atoms with Crippen LogP contribution in [0.2, 0.25) is 5.02 Å². The highest BCUT2D eigenvalue weighted by atomic mass is 35.5. The van der Waals surface area contributed by atoms with Crippen LogP contribution >= 0.6 is 23.4 Å². The second-order valence-corrected chi connectivity index (χ2v) is 9.90. The highest BCUT2D eigenvalue weighted by Gasteiger charge is 2.14. The second-order valence-electron chi connectivity index (χ2n) is 6.38. The molecular weight excluding hydrogens is 464 g/mol. The molecule has 0 saturated heterocycles. The quantitative estimate of drug-likeness (QED) is 0.414. The lowest BCUT2D eigenvalue weighted by Gasteiger charge is -2.11. The summed E-state index contributed by atoms with van der Waals surface area (Å²) in [7, 11) is -2.14. The van der Waals surface area contributed by atoms with Crippen molar-refractivity contribution in [3.05, 3.63) is 53.1 Å². The number of hydrogen-bond donors (Lipinski definition) is 2. The minimum Gasteiger partial charge on any atom is -0.468 e. The van der Waals surface area contributed by atoms with Crippen molar-refractivity contribution < 1.29 is 27.5 Å². The van der Waals surface area contributed by atoms with E-state index in [0.29, 0.717) is 17.1 Å². The van der Waals surface area contributed by atoms with E-state index in [-0.39, 0.29) is 39.5 Å². The lowest BCUT2D eigenvalue weighted by atomic mass is 10.2. The van der Waals surface area contributed by atoms with Gasteiger partial charge in [-0.3, -0.25) is 14.4 Å². The molecule has 0 aliphatic heterocycles. The number of halogens is 1. The van der Waals surface area contributed by atoms with Gasteiger partial charge < -0.3 is 15.4 Å². The average Bonchev–Trinajstić information content (AvgIpc) is 2.72. The monoisotopic (exact) mass is 484 g/mol. The molecule has 0 radical (unpaired) electrons. The van der Waals surface area contributed by atoms with Gasteiger partial charge in [0, 0.05) is 29.7 Å². The average molecular weight is 485 g/mol. The summed E-state index contributed by atoms with van der Waals surface area (Å²) < 4.78 is 27.8. The van der Waals surface area contributed by atoms with E-state index in [1.807, 2.05) is 0 Å². The van der Waals surface area contributed by atoms with Gasteiger partial charge in [-0.2, -0.15) is 0 Å². The molecule has 0 saturated carbocycles. The molecule has 0 spiro atoms. The molecule has 0 bridgehead atoms. The number of carbonyl (C=O) groups is 3. The Bertz CT molecular complexity index is 1090. The number of nitrogens with one attached hydrogen (secondary N) is 2. The molecule has 8 nitrogen and oxygen atoms in total. The molecule has 11 heteroatoms. The normalized spacial score (nSPS) is 10.9. The van der Waals surface area contributed by atoms with Gasteiger partial charge in [0.15, 0.2) is 9.84 Å². The van der Waals surface area contributed by atoms with Crippen molar-refractivity contribution >= 4 is 62.4 Å². The molecule has 0 atom stereocenters. The van der Waals surface area contributed by atoms with Gasteiger partial charge in [-0.05, 0) is 36.4 Å². The number of anilines is 2. The number of esters is 1. The zero-order valence-electron chi connectivity index (χ0n) is 16.8. The van der Waals surface area contributed by atoms with Crippen molar-refractivity contribution in [2.75, 3.05) is 35.5 Å². The first-order valence-electron chi connectivity index (χ1n) is 8.95. The fraction of sp³-hybridized carbons (Fsp3) is 0.250. The van der Waals surface area contributed by atoms with Gasteiger partial charge in [0.25, 0.3) is 5.91 Å². The van der Waals surface area contributed by atoms with E-state index in [1.54, 1.807) is 6.07 Å². The van der Waals surface area contributed by atoms with E-state index in [1.165, 1.54) is 55.3 Å². The maximum absolute atomic E-state index is 12.5. The van der Waals surface area contributed by atoms with Crippen molar-refractivity contribution in [2.24, 2.45) is 0 Å². The molecule has 0 aliphatic carbocycles. The van der Waals surface area contributed by atoms with E-state index in [2.05, 4.69) is 15.4 Å². The predicted octanol–water partition coefficient (Wildman–Crippen LogP) is 3.23. The van der Waals surface area contributed by atoms with Gasteiger partial charge >= 0.3 is 5.97 Å². The molecule has 2 N–H and O–H groups in total. The zero-order chi connectivity index (χ0) is 23.0. The fourth-order valence-corrected chi connectivity index (χ4v) is 4.01. The maximum atomic E-state index is 12.5. The third kappa shape index (κ3) is 7.89. The van der Waals surface area contributed by atoms with Gasteiger partial charge in [-0.1, -0.05) is 17.7 Å². The number of thioether (sulfide) groups is 1. The van der Waals surface area contributed by atoms with Crippen LogP contribution in [-0.2, 0) is 24.2 Å². The molecule has 2 aromatic carbocycles. The minimum atomic E-state index is -3.44. The number of sulfone groups is 1. The van der Waals surface area contributed by atoms with E-state index < -0.39 is 15.7 Å². The van der Waals surface area contributed by atoms with Gasteiger partial charge in [-0.25, -0.2) is 8.42 Å². The van der Waals surface area contributed by atoms with Crippen molar-refractivity contribution in [2.45, 2.75) is 11.3 Å². The Morgan fingerprint density at radius 2 is 1.84 bits per heavy atom. The standard InChI is InChI=1S/C20H21ClN2O6S2/c1-29-19(25)12-30-9-8-18(24)22-14-6-7-17(16(21)11-14)23-20(26)13-4-3-5-15(10-13)31(2,27)28/h3-7,10-11H,8-9,12H2,1-2H3,(H,22,24)(H,23,26). The second kappa shape index (κ2) is 11.2. The molecule has 0 fully saturated rings. The van der Waals surface area contributed by atoms with Gasteiger partial charge in [0.1, 0.15) is 0 Å². The van der Waals surface area contributed by atoms with Crippen LogP contribution in [0, 0.1) is 0 Å². The summed E-state index contributed by atoms with van der Waals surface area (Å²) in [4.78, 5) is 35.5. The van der Waals surface area contributed by atoms with Crippen LogP contribution in [0.15, 0.2) is 47.4 Å². The summed E-state index contributed by atoms with van der Waals surface area (Å²) in [6.07, 6.45) is 1.26. The first-order valence-corrected chi connectivity index (χ1v) is 12.4. The number of carbonyl (C=O) groups excluding carboxylic acids is 3. The van der Waals surface area contributed by atoms with Crippen molar-refractivity contribution in [3.8, 4) is 0 Å². The zero-order valence-corrected chi connectivity index (χ0v) is 19.2. The lowest BCUT2D eigenvalue weighted by molar-refractivity contribution is -0.137. The molecule has 166 valence electrons. The number of methoxy groups -OCH3 is 1. The summed E-state index contributed by atoms with van der Waals surface area (Å²) >= 11 is 7.50. The van der Waals surface area contributed by atoms with Gasteiger partial charge in [0.2, 0.25) is 5.91 Å². The highest BCUT2D eigenvalue weighted by molar-refractivity contribution is 7.99. The third-order valence-corrected chi connectivity index (χ3v) is 6.30. The Hall–Kier alpha value is -2.56. The number of rotatable bonds is 9. The first-order chi connectivity index (χ1) is 14.6. The van der Waals surface area contributed by atoms with Crippen molar-refractivity contribution in [1.29, 1.82) is 0 Å². The Labute approximate surface area is 189 Å². The molecule has 0 aromatic heterocycles. The van der Waals surface area contributed by atoms with Crippen LogP contribution in [0.25, 0.3) is 0 Å². The predicted molar refractivity (Wildman–Crippen MR) is 122 cm³/mol. The Morgan fingerprint density at radius 3 is 2.48 bits per heavy atom. The topological polar surface area (TPSA) is 119 Å². The Morgan fingerprint density at radius 1 is 1.10 bits per heavy atom. The maximum Gasteiger partial charge on any atom is 0.315 e. The fourth-order valence-electron chi connectivity index (χ4n) is 2.36. The van der Waals surface area contributed by atoms with E-state index in [0.717, 1.165) is 6.26 Å². The van der Waals surface area contributed by atoms with Crippen LogP contribution in [-0.4, -0.2) is 51.1 Å². The van der Waals surface area contributed by atoms with Crippen LogP contribution in [0.1, 0.15) is 16.8 Å². The summed E-state index contributed by atoms with van der Waals surface area (Å²) in [6.45, 7) is 0. The highest BCUT2D eigenvalue weighted by Crippen LogP contribution is 2.26. The molecule has 2 aromatic rings. The van der Waals surface area contributed by atoms with Crippen LogP contribution in [0.4, 0.5) is 11.4 Å². The largest absolute Gasteiger partial charge is 0.468 e. The Kier molecular flexibility index (Phi) is 8.90. The van der Waals surface area contributed by atoms with E-state index in [4.69, 9.17) is 11.6 Å². The van der Waals surface area contributed by atoms with Crippen LogP contribution in [0.5, 0.6) is 0 Å². The number of hydrogen-bond acceptors (Lipinski definition) is 7. The van der Waals surface area contributed by atoms with Crippen molar-refractivity contribution in [3.63, 3.8) is 0 Å². The minimum absolute atomic E-state index is 0.0362. The molecule has 0 unspecified atom stereocenters. The first kappa shape index (κ1) is 24.7. The van der Waals surface area contributed by atoms with Gasteiger partial charge in [-0.15, -0.1) is 11.8 Å². The van der Waals surface area contributed by atoms with Crippen LogP contribution < -0.4 is 10.6 Å². The molecular formula is C20H21ClN2O6S2. The SMILES string of the molecule is COC(=O)CSCCC(=O)Nc1ccc(NC(=O)c2cccc(S(C)(=O)=O)c2)c(Cl)c1. The number of amides is 2. The van der Waals surface area contributed by atoms with E-state index in [9.17, 15) is 22.8 Å². The third-order valence-electron chi connectivity index (χ3n) is 3.95. The number of ether oxygens (including phenoxy) is 1. The van der Waals surface area contributed by atoms with Crippen LogP contribution in [0.3, 0.4) is 0 Å². The molecule has 31 heavy (non-hydrogen) atoms. The summed E-state index contributed by atoms with van der Waals surface area (Å²) in [5.74, 6) is -0.487. The lowest BCUT2D eigenvalue weighted by Crippen LogP contribution is -2.14. The number of benzene rings is 2. The summed E-state index contributed by atoms with van der Waals surface area (Å²) in [6, 6.07) is 10.3. The summed E-state index contributed by atoms with van der Waals surface area (Å²) in [5, 5.41) is 5.51. The smallest absolute Gasteiger partial charge is 0.315 e. The molecule has 0 aliphatic rings. The molecule has 2 amide bonds. The molecule has 0 heterocycles. The Balaban J connectivity index is 1.96. The molecule has 2 rings (SSSR count). The van der Waals surface area contributed by atoms with E-state index >= 15 is 0 Å². The van der Waals surface area contributed by atoms with Crippen molar-refractivity contribution in [1.82, 2.24) is 0 Å².